The Morgan fingerprint density at radius 1 is 1.38 bits per heavy atom. The number of aldehydes is 1. The number of rotatable bonds is 3. The number of nitrogens with zero attached hydrogens (tertiary/aromatic N) is 1. The maximum absolute atomic E-state index is 11.1. The molecule has 0 aromatic heterocycles. The van der Waals surface area contributed by atoms with E-state index in [-0.39, 0.29) is 0 Å². The van der Waals surface area contributed by atoms with E-state index in [1.165, 1.54) is 10.6 Å². The normalized spacial score (nSPS) is 21.6. The van der Waals surface area contributed by atoms with Crippen molar-refractivity contribution in [2.75, 3.05) is 19.3 Å². The first kappa shape index (κ1) is 10.7. The summed E-state index contributed by atoms with van der Waals surface area (Å²) in [6, 6.07) is 0. The minimum absolute atomic E-state index is 0.385. The van der Waals surface area contributed by atoms with Gasteiger partial charge in [0.05, 0.1) is 6.26 Å². The highest BCUT2D eigenvalue weighted by Gasteiger charge is 2.24. The molecule has 1 aliphatic rings. The molecule has 5 heteroatoms. The van der Waals surface area contributed by atoms with Crippen molar-refractivity contribution in [3.8, 4) is 0 Å². The second-order valence-corrected chi connectivity index (χ2v) is 5.49. The molecule has 0 unspecified atom stereocenters. The monoisotopic (exact) mass is 205 g/mol. The Morgan fingerprint density at radius 2 is 1.92 bits per heavy atom. The molecular formula is C8H15NO3S. The lowest BCUT2D eigenvalue weighted by Crippen LogP contribution is -2.37. The molecule has 1 rings (SSSR count). The molecule has 0 radical (unpaired) electrons. The fraction of sp³-hybridized carbons (Fsp3) is 0.875. The van der Waals surface area contributed by atoms with Gasteiger partial charge >= 0.3 is 0 Å². The Balaban J connectivity index is 2.43. The first-order valence-corrected chi connectivity index (χ1v) is 6.27. The van der Waals surface area contributed by atoms with Gasteiger partial charge in [-0.1, -0.05) is 0 Å². The number of hydrogen-bond acceptors (Lipinski definition) is 3. The first-order chi connectivity index (χ1) is 6.04. The van der Waals surface area contributed by atoms with Crippen molar-refractivity contribution in [2.24, 2.45) is 5.92 Å². The van der Waals surface area contributed by atoms with Crippen LogP contribution in [0.2, 0.25) is 0 Å². The summed E-state index contributed by atoms with van der Waals surface area (Å²) in [7, 11) is -3.02. The zero-order chi connectivity index (χ0) is 9.90. The van der Waals surface area contributed by atoms with E-state index in [1.54, 1.807) is 0 Å². The van der Waals surface area contributed by atoms with Crippen LogP contribution in [0.25, 0.3) is 0 Å². The van der Waals surface area contributed by atoms with Crippen LogP contribution >= 0.6 is 0 Å². The fourth-order valence-electron chi connectivity index (χ4n) is 1.61. The predicted molar refractivity (Wildman–Crippen MR) is 49.8 cm³/mol. The summed E-state index contributed by atoms with van der Waals surface area (Å²) in [4.78, 5) is 10.2. The van der Waals surface area contributed by atoms with Crippen LogP contribution < -0.4 is 0 Å². The average molecular weight is 205 g/mol. The number of piperidine rings is 1. The van der Waals surface area contributed by atoms with Gasteiger partial charge in [-0.05, 0) is 18.8 Å². The Bertz CT molecular complexity index is 265. The standard InChI is InChI=1S/C8H15NO3S/c1-13(11,12)9-5-2-8(3-6-9)4-7-10/h7-8H,2-6H2,1H3. The minimum atomic E-state index is -3.02. The average Bonchev–Trinajstić information content (AvgIpc) is 2.04. The molecule has 0 spiro atoms. The molecule has 0 aromatic rings. The van der Waals surface area contributed by atoms with Crippen LogP contribution in [0.1, 0.15) is 19.3 Å². The van der Waals surface area contributed by atoms with Gasteiger partial charge in [0.25, 0.3) is 0 Å². The third-order valence-corrected chi connectivity index (χ3v) is 3.78. The molecule has 76 valence electrons. The van der Waals surface area contributed by atoms with Crippen molar-refractivity contribution < 1.29 is 13.2 Å². The fourth-order valence-corrected chi connectivity index (χ4v) is 2.49. The van der Waals surface area contributed by atoms with Crippen molar-refractivity contribution in [1.82, 2.24) is 4.31 Å². The van der Waals surface area contributed by atoms with Crippen LogP contribution in [-0.2, 0) is 14.8 Å². The van der Waals surface area contributed by atoms with Crippen molar-refractivity contribution in [2.45, 2.75) is 19.3 Å². The Kier molecular flexibility index (Phi) is 3.44. The summed E-state index contributed by atoms with van der Waals surface area (Å²) in [6.45, 7) is 1.13. The van der Waals surface area contributed by atoms with E-state index >= 15 is 0 Å². The maximum Gasteiger partial charge on any atom is 0.211 e. The molecule has 0 saturated carbocycles. The minimum Gasteiger partial charge on any atom is -0.303 e. The van der Waals surface area contributed by atoms with Gasteiger partial charge in [-0.15, -0.1) is 0 Å². The summed E-state index contributed by atoms with van der Waals surface area (Å²) in [5, 5.41) is 0. The van der Waals surface area contributed by atoms with Crippen LogP contribution in [-0.4, -0.2) is 38.4 Å². The molecular weight excluding hydrogens is 190 g/mol. The largest absolute Gasteiger partial charge is 0.303 e. The molecule has 0 aromatic carbocycles. The van der Waals surface area contributed by atoms with Gasteiger partial charge in [0.2, 0.25) is 10.0 Å². The third-order valence-electron chi connectivity index (χ3n) is 2.47. The molecule has 1 fully saturated rings. The van der Waals surface area contributed by atoms with Crippen LogP contribution in [0.3, 0.4) is 0 Å². The van der Waals surface area contributed by atoms with Gasteiger partial charge < -0.3 is 4.79 Å². The molecule has 0 N–H and O–H groups in total. The topological polar surface area (TPSA) is 54.5 Å². The van der Waals surface area contributed by atoms with Crippen LogP contribution in [0, 0.1) is 5.92 Å². The summed E-state index contributed by atoms with van der Waals surface area (Å²) < 4.78 is 23.7. The van der Waals surface area contributed by atoms with E-state index in [0.717, 1.165) is 19.1 Å². The van der Waals surface area contributed by atoms with E-state index in [4.69, 9.17) is 0 Å². The Morgan fingerprint density at radius 3 is 2.31 bits per heavy atom. The number of carbonyl (C=O) groups excluding carboxylic acids is 1. The van der Waals surface area contributed by atoms with Gasteiger partial charge in [-0.2, -0.15) is 0 Å². The van der Waals surface area contributed by atoms with E-state index in [1.807, 2.05) is 0 Å². The number of hydrogen-bond donors (Lipinski definition) is 0. The number of sulfonamides is 1. The first-order valence-electron chi connectivity index (χ1n) is 4.43. The van der Waals surface area contributed by atoms with Crippen molar-refractivity contribution in [1.29, 1.82) is 0 Å². The smallest absolute Gasteiger partial charge is 0.211 e. The van der Waals surface area contributed by atoms with Gasteiger partial charge in [0, 0.05) is 19.5 Å². The molecule has 13 heavy (non-hydrogen) atoms. The van der Waals surface area contributed by atoms with Crippen molar-refractivity contribution >= 4 is 16.3 Å². The zero-order valence-corrected chi connectivity index (χ0v) is 8.59. The van der Waals surface area contributed by atoms with E-state index in [2.05, 4.69) is 0 Å². The second-order valence-electron chi connectivity index (χ2n) is 3.51. The van der Waals surface area contributed by atoms with Crippen molar-refractivity contribution in [3.05, 3.63) is 0 Å². The lowest BCUT2D eigenvalue weighted by Gasteiger charge is -2.29. The Labute approximate surface area is 79.0 Å². The summed E-state index contributed by atoms with van der Waals surface area (Å²) in [5.74, 6) is 0.385. The highest BCUT2D eigenvalue weighted by molar-refractivity contribution is 7.88. The zero-order valence-electron chi connectivity index (χ0n) is 7.77. The van der Waals surface area contributed by atoms with E-state index in [0.29, 0.717) is 25.4 Å². The Hall–Kier alpha value is -0.420. The lowest BCUT2D eigenvalue weighted by molar-refractivity contribution is -0.108. The van der Waals surface area contributed by atoms with E-state index in [9.17, 15) is 13.2 Å². The maximum atomic E-state index is 11.1. The molecule has 0 atom stereocenters. The van der Waals surface area contributed by atoms with Gasteiger partial charge in [0.15, 0.2) is 0 Å². The molecule has 1 heterocycles. The molecule has 1 aliphatic heterocycles. The molecule has 1 saturated heterocycles. The molecule has 4 nitrogen and oxygen atoms in total. The van der Waals surface area contributed by atoms with Gasteiger partial charge in [-0.25, -0.2) is 12.7 Å². The molecule has 0 aliphatic carbocycles. The summed E-state index contributed by atoms with van der Waals surface area (Å²) in [5.41, 5.74) is 0. The molecule has 0 amide bonds. The SMILES string of the molecule is CS(=O)(=O)N1CCC(CC=O)CC1. The van der Waals surface area contributed by atoms with Crippen LogP contribution in [0.4, 0.5) is 0 Å². The lowest BCUT2D eigenvalue weighted by atomic mass is 9.95. The summed E-state index contributed by atoms with van der Waals surface area (Å²) >= 11 is 0. The third kappa shape index (κ3) is 3.08. The van der Waals surface area contributed by atoms with Crippen LogP contribution in [0.5, 0.6) is 0 Å². The molecule has 0 bridgehead atoms. The number of carbonyl (C=O) groups is 1. The highest BCUT2D eigenvalue weighted by atomic mass is 32.2. The van der Waals surface area contributed by atoms with Crippen molar-refractivity contribution in [3.63, 3.8) is 0 Å². The highest BCUT2D eigenvalue weighted by Crippen LogP contribution is 2.20. The second kappa shape index (κ2) is 4.19. The van der Waals surface area contributed by atoms with E-state index < -0.39 is 10.0 Å². The van der Waals surface area contributed by atoms with Crippen LogP contribution in [0.15, 0.2) is 0 Å². The summed E-state index contributed by atoms with van der Waals surface area (Å²) in [6.07, 6.45) is 4.34. The van der Waals surface area contributed by atoms with Gasteiger partial charge in [0.1, 0.15) is 6.29 Å². The van der Waals surface area contributed by atoms with Gasteiger partial charge in [-0.3, -0.25) is 0 Å². The predicted octanol–water partition coefficient (Wildman–Crippen LogP) is 0.247. The quantitative estimate of drug-likeness (QED) is 0.620.